The van der Waals surface area contributed by atoms with E-state index in [1.807, 2.05) is 0 Å². The molecule has 0 aromatic carbocycles. The molecule has 1 unspecified atom stereocenters. The Morgan fingerprint density at radius 2 is 1.33 bits per heavy atom. The van der Waals surface area contributed by atoms with Gasteiger partial charge in [0, 0.05) is 0 Å². The fourth-order valence-corrected chi connectivity index (χ4v) is 1.31. The quantitative estimate of drug-likeness (QED) is 0.668. The Kier molecular flexibility index (Phi) is 4.13. The van der Waals surface area contributed by atoms with Gasteiger partial charge >= 0.3 is 24.6 Å². The molecule has 21 heavy (non-hydrogen) atoms. The lowest BCUT2D eigenvalue weighted by Crippen LogP contribution is -2.51. The van der Waals surface area contributed by atoms with Gasteiger partial charge < -0.3 is 4.74 Å². The third-order valence-corrected chi connectivity index (χ3v) is 2.18. The van der Waals surface area contributed by atoms with Gasteiger partial charge in [-0.25, -0.2) is 0 Å². The van der Waals surface area contributed by atoms with Crippen LogP contribution in [0.25, 0.3) is 0 Å². The third kappa shape index (κ3) is 3.89. The fourth-order valence-electron chi connectivity index (χ4n) is 1.31. The average molecular weight is 340 g/mol. The van der Waals surface area contributed by atoms with Crippen LogP contribution >= 0.6 is 0 Å². The van der Waals surface area contributed by atoms with Crippen LogP contribution in [0.15, 0.2) is 11.8 Å². The molecular formula is C8H3F11O2. The van der Waals surface area contributed by atoms with Gasteiger partial charge in [0.15, 0.2) is 5.57 Å². The van der Waals surface area contributed by atoms with Crippen LogP contribution in [-0.2, 0) is 9.47 Å². The number of hydrogen-bond acceptors (Lipinski definition) is 2. The van der Waals surface area contributed by atoms with Gasteiger partial charge in [0.1, 0.15) is 6.26 Å². The van der Waals surface area contributed by atoms with E-state index in [0.717, 1.165) is 0 Å². The summed E-state index contributed by atoms with van der Waals surface area (Å²) >= 11 is 0. The van der Waals surface area contributed by atoms with Crippen molar-refractivity contribution in [3.8, 4) is 0 Å². The molecule has 1 atom stereocenters. The summed E-state index contributed by atoms with van der Waals surface area (Å²) in [7, 11) is 0. The summed E-state index contributed by atoms with van der Waals surface area (Å²) in [6.07, 6.45) is -28.0. The van der Waals surface area contributed by atoms with Crippen LogP contribution in [0, 0.1) is 5.92 Å². The van der Waals surface area contributed by atoms with E-state index in [0.29, 0.717) is 0 Å². The maximum absolute atomic E-state index is 12.9. The molecule has 0 aliphatic carbocycles. The minimum absolute atomic E-state index is 0.918. The van der Waals surface area contributed by atoms with Crippen molar-refractivity contribution in [1.29, 1.82) is 0 Å². The second kappa shape index (κ2) is 4.88. The minimum Gasteiger partial charge on any atom is -0.471 e. The van der Waals surface area contributed by atoms with Gasteiger partial charge in [-0.05, 0) is 0 Å². The van der Waals surface area contributed by atoms with Crippen molar-refractivity contribution in [2.75, 3.05) is 0 Å². The molecule has 0 spiro atoms. The minimum atomic E-state index is -6.12. The molecule has 1 rings (SSSR count). The number of alkyl halides is 11. The zero-order valence-electron chi connectivity index (χ0n) is 9.21. The lowest BCUT2D eigenvalue weighted by Gasteiger charge is -2.35. The largest absolute Gasteiger partial charge is 0.471 e. The molecule has 0 aromatic heterocycles. The highest BCUT2D eigenvalue weighted by Crippen LogP contribution is 2.48. The maximum atomic E-state index is 12.9. The lowest BCUT2D eigenvalue weighted by atomic mass is 10.1. The Morgan fingerprint density at radius 3 is 1.62 bits per heavy atom. The standard InChI is InChI=1S/C8H3F11O2/c9-5(10,11)2-1-20-4(21-8(2,18)19)3(6(12,13)14)7(15,16)17/h1,3-4H. The molecule has 0 amide bonds. The van der Waals surface area contributed by atoms with E-state index in [2.05, 4.69) is 9.47 Å². The highest BCUT2D eigenvalue weighted by Gasteiger charge is 2.66. The van der Waals surface area contributed by atoms with Crippen LogP contribution in [0.3, 0.4) is 0 Å². The van der Waals surface area contributed by atoms with Crippen molar-refractivity contribution in [3.05, 3.63) is 11.8 Å². The summed E-state index contributed by atoms with van der Waals surface area (Å²) in [6, 6.07) is 0. The predicted molar refractivity (Wildman–Crippen MR) is 40.6 cm³/mol. The van der Waals surface area contributed by atoms with Crippen molar-refractivity contribution in [3.63, 3.8) is 0 Å². The first-order chi connectivity index (χ1) is 9.07. The zero-order valence-corrected chi connectivity index (χ0v) is 9.21. The molecule has 0 saturated carbocycles. The molecular weight excluding hydrogens is 337 g/mol. The van der Waals surface area contributed by atoms with E-state index in [9.17, 15) is 48.3 Å². The monoisotopic (exact) mass is 340 g/mol. The SMILES string of the molecule is FC(F)(F)C1=COC(C(C(F)(F)F)C(F)(F)F)OC1(F)F. The molecule has 2 nitrogen and oxygen atoms in total. The van der Waals surface area contributed by atoms with Crippen LogP contribution < -0.4 is 0 Å². The first kappa shape index (κ1) is 17.8. The third-order valence-electron chi connectivity index (χ3n) is 2.18. The maximum Gasteiger partial charge on any atom is 0.424 e. The Balaban J connectivity index is 3.17. The summed E-state index contributed by atoms with van der Waals surface area (Å²) in [4.78, 5) is 0. The molecule has 1 aliphatic rings. The number of rotatable bonds is 1. The highest BCUT2D eigenvalue weighted by molar-refractivity contribution is 5.15. The topological polar surface area (TPSA) is 18.5 Å². The molecule has 0 aromatic rings. The van der Waals surface area contributed by atoms with Crippen LogP contribution in [0.4, 0.5) is 48.3 Å². The fraction of sp³-hybridized carbons (Fsp3) is 0.750. The van der Waals surface area contributed by atoms with Crippen LogP contribution in [0.1, 0.15) is 0 Å². The first-order valence-electron chi connectivity index (χ1n) is 4.69. The summed E-state index contributed by atoms with van der Waals surface area (Å²) in [6.45, 7) is 0. The van der Waals surface area contributed by atoms with E-state index >= 15 is 0 Å². The summed E-state index contributed by atoms with van der Waals surface area (Å²) in [5, 5.41) is 0. The second-order valence-electron chi connectivity index (χ2n) is 3.73. The summed E-state index contributed by atoms with van der Waals surface area (Å²) in [5.41, 5.74) is -2.85. The summed E-state index contributed by atoms with van der Waals surface area (Å²) in [5.74, 6) is -4.54. The molecule has 1 heterocycles. The van der Waals surface area contributed by atoms with E-state index in [-0.39, 0.29) is 0 Å². The average Bonchev–Trinajstić information content (AvgIpc) is 2.07. The van der Waals surface area contributed by atoms with Gasteiger partial charge in [-0.2, -0.15) is 48.3 Å². The highest BCUT2D eigenvalue weighted by atomic mass is 19.4. The van der Waals surface area contributed by atoms with Crippen molar-refractivity contribution in [2.45, 2.75) is 30.9 Å². The van der Waals surface area contributed by atoms with Gasteiger partial charge in [0.05, 0.1) is 0 Å². The first-order valence-corrected chi connectivity index (χ1v) is 4.69. The van der Waals surface area contributed by atoms with Crippen molar-refractivity contribution in [1.82, 2.24) is 0 Å². The number of halogens is 11. The van der Waals surface area contributed by atoms with Crippen molar-refractivity contribution in [2.24, 2.45) is 5.92 Å². The van der Waals surface area contributed by atoms with Crippen LogP contribution in [-0.4, -0.2) is 30.9 Å². The van der Waals surface area contributed by atoms with E-state index < -0.39 is 48.7 Å². The van der Waals surface area contributed by atoms with Crippen molar-refractivity contribution < 1.29 is 57.8 Å². The molecule has 0 bridgehead atoms. The van der Waals surface area contributed by atoms with Gasteiger partial charge in [-0.1, -0.05) is 0 Å². The molecule has 0 N–H and O–H groups in total. The zero-order chi connectivity index (χ0) is 16.9. The van der Waals surface area contributed by atoms with Crippen LogP contribution in [0.2, 0.25) is 0 Å². The smallest absolute Gasteiger partial charge is 0.424 e. The summed E-state index contributed by atoms with van der Waals surface area (Å²) < 4.78 is 142. The molecule has 0 fully saturated rings. The molecule has 1 aliphatic heterocycles. The van der Waals surface area contributed by atoms with Gasteiger partial charge in [-0.15, -0.1) is 0 Å². The Hall–Kier alpha value is -1.27. The van der Waals surface area contributed by atoms with E-state index in [1.165, 1.54) is 0 Å². The molecule has 0 radical (unpaired) electrons. The normalized spacial score (nSPS) is 23.8. The lowest BCUT2D eigenvalue weighted by molar-refractivity contribution is -0.392. The molecule has 124 valence electrons. The Labute approximate surface area is 108 Å². The number of hydrogen-bond donors (Lipinski definition) is 0. The second-order valence-corrected chi connectivity index (χ2v) is 3.73. The van der Waals surface area contributed by atoms with Gasteiger partial charge in [-0.3, -0.25) is 4.74 Å². The van der Waals surface area contributed by atoms with Crippen LogP contribution in [0.5, 0.6) is 0 Å². The van der Waals surface area contributed by atoms with Gasteiger partial charge in [0.25, 0.3) is 0 Å². The Morgan fingerprint density at radius 1 is 0.905 bits per heavy atom. The Bertz CT molecular complexity index is 401. The number of ether oxygens (including phenoxy) is 2. The molecule has 0 saturated heterocycles. The van der Waals surface area contributed by atoms with E-state index in [4.69, 9.17) is 0 Å². The van der Waals surface area contributed by atoms with Crippen molar-refractivity contribution >= 4 is 0 Å². The molecule has 13 heteroatoms. The van der Waals surface area contributed by atoms with Gasteiger partial charge in [0.2, 0.25) is 12.2 Å². The predicted octanol–water partition coefficient (Wildman–Crippen LogP) is 4.14. The van der Waals surface area contributed by atoms with E-state index in [1.54, 1.807) is 0 Å².